The highest BCUT2D eigenvalue weighted by Crippen LogP contribution is 2.60. The van der Waals surface area contributed by atoms with Crippen LogP contribution in [0, 0.1) is 11.3 Å². The molecule has 6 heteroatoms. The number of carbonyl (C=O) groups is 2. The lowest BCUT2D eigenvalue weighted by atomic mass is 10.0. The summed E-state index contributed by atoms with van der Waals surface area (Å²) in [4.78, 5) is 22.7. The van der Waals surface area contributed by atoms with Crippen molar-refractivity contribution in [2.75, 3.05) is 11.9 Å². The van der Waals surface area contributed by atoms with Crippen LogP contribution in [0.1, 0.15) is 36.0 Å². The fraction of sp³-hybridized carbons (Fsp3) is 0.467. The molecule has 0 heterocycles. The third-order valence-electron chi connectivity index (χ3n) is 4.39. The Kier molecular flexibility index (Phi) is 3.53. The fourth-order valence-electron chi connectivity index (χ4n) is 2.78. The second-order valence-corrected chi connectivity index (χ2v) is 6.35. The second kappa shape index (κ2) is 5.22. The number of benzene rings is 1. The van der Waals surface area contributed by atoms with Gasteiger partial charge in [-0.1, -0.05) is 11.6 Å². The van der Waals surface area contributed by atoms with Crippen molar-refractivity contribution in [1.82, 2.24) is 5.32 Å². The van der Waals surface area contributed by atoms with Crippen LogP contribution in [0.2, 0.25) is 5.02 Å². The Labute approximate surface area is 127 Å². The third kappa shape index (κ3) is 3.13. The molecule has 0 spiro atoms. The average molecular weight is 309 g/mol. The normalized spacial score (nSPS) is 18.9. The van der Waals surface area contributed by atoms with Crippen molar-refractivity contribution in [3.8, 4) is 0 Å². The summed E-state index contributed by atoms with van der Waals surface area (Å²) < 4.78 is 0. The van der Waals surface area contributed by atoms with Gasteiger partial charge in [-0.2, -0.15) is 0 Å². The minimum atomic E-state index is -1.09. The number of anilines is 1. The van der Waals surface area contributed by atoms with Gasteiger partial charge in [-0.05, 0) is 55.2 Å². The van der Waals surface area contributed by atoms with Gasteiger partial charge in [0.15, 0.2) is 0 Å². The molecular weight excluding hydrogens is 292 g/mol. The maximum atomic E-state index is 11.9. The van der Waals surface area contributed by atoms with Crippen molar-refractivity contribution < 1.29 is 14.7 Å². The van der Waals surface area contributed by atoms with Gasteiger partial charge >= 0.3 is 12.0 Å². The Hall–Kier alpha value is -1.75. The molecule has 112 valence electrons. The molecule has 2 aliphatic carbocycles. The molecule has 0 unspecified atom stereocenters. The molecule has 2 aliphatic rings. The summed E-state index contributed by atoms with van der Waals surface area (Å²) >= 11 is 5.86. The number of carbonyl (C=O) groups excluding carboxylic acids is 1. The summed E-state index contributed by atoms with van der Waals surface area (Å²) in [7, 11) is 0. The minimum Gasteiger partial charge on any atom is -0.478 e. The van der Waals surface area contributed by atoms with E-state index in [2.05, 4.69) is 10.6 Å². The minimum absolute atomic E-state index is 0.0216. The second-order valence-electron chi connectivity index (χ2n) is 5.94. The van der Waals surface area contributed by atoms with E-state index in [1.165, 1.54) is 43.9 Å². The number of carboxylic acids is 1. The van der Waals surface area contributed by atoms with Crippen LogP contribution in [0.5, 0.6) is 0 Å². The van der Waals surface area contributed by atoms with Gasteiger partial charge in [0.1, 0.15) is 0 Å². The molecular formula is C15H17ClN2O3. The Morgan fingerprint density at radius 3 is 2.57 bits per heavy atom. The molecule has 1 aromatic carbocycles. The zero-order chi connectivity index (χ0) is 15.0. The highest BCUT2D eigenvalue weighted by molar-refractivity contribution is 6.33. The van der Waals surface area contributed by atoms with Crippen LogP contribution in [0.15, 0.2) is 18.2 Å². The summed E-state index contributed by atoms with van der Waals surface area (Å²) in [5.41, 5.74) is 0.856. The summed E-state index contributed by atoms with van der Waals surface area (Å²) in [6.45, 7) is 0.713. The molecule has 21 heavy (non-hydrogen) atoms. The molecule has 0 radical (unpaired) electrons. The molecule has 1 aromatic rings. The van der Waals surface area contributed by atoms with Gasteiger partial charge < -0.3 is 15.7 Å². The Bertz CT molecular complexity index is 595. The van der Waals surface area contributed by atoms with Gasteiger partial charge in [-0.3, -0.25) is 0 Å². The Morgan fingerprint density at radius 1 is 1.33 bits per heavy atom. The molecule has 0 saturated heterocycles. The maximum Gasteiger partial charge on any atom is 0.337 e. The third-order valence-corrected chi connectivity index (χ3v) is 4.71. The highest BCUT2D eigenvalue weighted by Gasteiger charge is 2.53. The number of halogens is 1. The smallest absolute Gasteiger partial charge is 0.337 e. The largest absolute Gasteiger partial charge is 0.478 e. The molecule has 5 nitrogen and oxygen atoms in total. The van der Waals surface area contributed by atoms with Crippen LogP contribution in [0.3, 0.4) is 0 Å². The lowest BCUT2D eigenvalue weighted by Crippen LogP contribution is -2.34. The predicted octanol–water partition coefficient (Wildman–Crippen LogP) is 3.35. The SMILES string of the molecule is O=C(NCC1(C2CC2)CC1)Nc1ccc(C(=O)O)c(Cl)c1. The number of nitrogens with one attached hydrogen (secondary N) is 2. The van der Waals surface area contributed by atoms with Crippen LogP contribution in [0.4, 0.5) is 10.5 Å². The zero-order valence-electron chi connectivity index (χ0n) is 11.5. The highest BCUT2D eigenvalue weighted by atomic mass is 35.5. The molecule has 2 fully saturated rings. The number of carboxylic acid groups (broad SMARTS) is 1. The van der Waals surface area contributed by atoms with Gasteiger partial charge in [0, 0.05) is 12.2 Å². The first kappa shape index (κ1) is 14.2. The fourth-order valence-corrected chi connectivity index (χ4v) is 3.04. The maximum absolute atomic E-state index is 11.9. The van der Waals surface area contributed by atoms with Crippen LogP contribution in [-0.4, -0.2) is 23.7 Å². The first-order valence-electron chi connectivity index (χ1n) is 7.08. The molecule has 2 saturated carbocycles. The van der Waals surface area contributed by atoms with Crippen molar-refractivity contribution in [2.45, 2.75) is 25.7 Å². The van der Waals surface area contributed by atoms with Gasteiger partial charge in [0.25, 0.3) is 0 Å². The van der Waals surface area contributed by atoms with E-state index >= 15 is 0 Å². The number of hydrogen-bond acceptors (Lipinski definition) is 2. The standard InChI is InChI=1S/C15H17ClN2O3/c16-12-7-10(3-4-11(12)13(19)20)18-14(21)17-8-15(5-6-15)9-1-2-9/h3-4,7,9H,1-2,5-6,8H2,(H,19,20)(H2,17,18,21). The lowest BCUT2D eigenvalue weighted by molar-refractivity contribution is 0.0697. The van der Waals surface area contributed by atoms with Crippen molar-refractivity contribution >= 4 is 29.3 Å². The Balaban J connectivity index is 1.55. The summed E-state index contributed by atoms with van der Waals surface area (Å²) in [6.07, 6.45) is 4.99. The topological polar surface area (TPSA) is 78.4 Å². The van der Waals surface area contributed by atoms with E-state index in [1.54, 1.807) is 0 Å². The van der Waals surface area contributed by atoms with Crippen LogP contribution in [0.25, 0.3) is 0 Å². The van der Waals surface area contributed by atoms with Gasteiger partial charge in [0.05, 0.1) is 10.6 Å². The lowest BCUT2D eigenvalue weighted by Gasteiger charge is -2.15. The zero-order valence-corrected chi connectivity index (χ0v) is 12.2. The van der Waals surface area contributed by atoms with Gasteiger partial charge in [0.2, 0.25) is 0 Å². The summed E-state index contributed by atoms with van der Waals surface area (Å²) in [5.74, 6) is -0.293. The van der Waals surface area contributed by atoms with E-state index in [4.69, 9.17) is 16.7 Å². The predicted molar refractivity (Wildman–Crippen MR) is 79.8 cm³/mol. The molecule has 2 amide bonds. The first-order chi connectivity index (χ1) is 10.00. The van der Waals surface area contributed by atoms with Crippen molar-refractivity contribution in [2.24, 2.45) is 11.3 Å². The molecule has 0 bridgehead atoms. The number of hydrogen-bond donors (Lipinski definition) is 3. The average Bonchev–Trinajstić information content (AvgIpc) is 3.28. The molecule has 3 rings (SSSR count). The van der Waals surface area contributed by atoms with Gasteiger partial charge in [-0.15, -0.1) is 0 Å². The molecule has 0 aromatic heterocycles. The molecule has 3 N–H and O–H groups in total. The van der Waals surface area contributed by atoms with Crippen molar-refractivity contribution in [3.63, 3.8) is 0 Å². The summed E-state index contributed by atoms with van der Waals surface area (Å²) in [5, 5.41) is 14.6. The number of urea groups is 1. The van der Waals surface area contributed by atoms with Gasteiger partial charge in [-0.25, -0.2) is 9.59 Å². The monoisotopic (exact) mass is 308 g/mol. The number of aromatic carboxylic acids is 1. The van der Waals surface area contributed by atoms with E-state index in [-0.39, 0.29) is 16.6 Å². The van der Waals surface area contributed by atoms with E-state index in [0.29, 0.717) is 17.6 Å². The van der Waals surface area contributed by atoms with E-state index in [0.717, 1.165) is 5.92 Å². The first-order valence-corrected chi connectivity index (χ1v) is 7.46. The number of rotatable bonds is 5. The van der Waals surface area contributed by atoms with Crippen LogP contribution >= 0.6 is 11.6 Å². The van der Waals surface area contributed by atoms with E-state index in [9.17, 15) is 9.59 Å². The van der Waals surface area contributed by atoms with Crippen molar-refractivity contribution in [3.05, 3.63) is 28.8 Å². The van der Waals surface area contributed by atoms with E-state index in [1.807, 2.05) is 0 Å². The van der Waals surface area contributed by atoms with E-state index < -0.39 is 5.97 Å². The summed E-state index contributed by atoms with van der Waals surface area (Å²) in [6, 6.07) is 4.08. The number of amides is 2. The molecule has 0 atom stereocenters. The van der Waals surface area contributed by atoms with Crippen molar-refractivity contribution in [1.29, 1.82) is 0 Å². The molecule has 0 aliphatic heterocycles. The Morgan fingerprint density at radius 2 is 2.05 bits per heavy atom. The van der Waals surface area contributed by atoms with Crippen LogP contribution in [-0.2, 0) is 0 Å². The van der Waals surface area contributed by atoms with Crippen LogP contribution < -0.4 is 10.6 Å². The quantitative estimate of drug-likeness (QED) is 0.780.